The minimum atomic E-state index is 0. The SMILES string of the molecule is CC1(CN)CCN(C(=O)c2ccc(Cn3ccnc3)cc2)C1.Cl.Cl. The maximum absolute atomic E-state index is 12.5. The van der Waals surface area contributed by atoms with Gasteiger partial charge >= 0.3 is 0 Å². The van der Waals surface area contributed by atoms with Crippen molar-refractivity contribution < 1.29 is 4.79 Å². The van der Waals surface area contributed by atoms with Crippen molar-refractivity contribution in [3.05, 3.63) is 54.1 Å². The van der Waals surface area contributed by atoms with Crippen molar-refractivity contribution in [1.82, 2.24) is 14.5 Å². The van der Waals surface area contributed by atoms with Gasteiger partial charge in [-0.25, -0.2) is 4.98 Å². The largest absolute Gasteiger partial charge is 0.338 e. The third-order valence-corrected chi connectivity index (χ3v) is 4.46. The van der Waals surface area contributed by atoms with Gasteiger partial charge in [0.25, 0.3) is 5.91 Å². The highest BCUT2D eigenvalue weighted by Crippen LogP contribution is 2.29. The number of likely N-dealkylation sites (tertiary alicyclic amines) is 1. The van der Waals surface area contributed by atoms with E-state index < -0.39 is 0 Å². The van der Waals surface area contributed by atoms with Crippen LogP contribution in [0, 0.1) is 5.41 Å². The Labute approximate surface area is 155 Å². The number of hydrogen-bond donors (Lipinski definition) is 1. The molecule has 2 N–H and O–H groups in total. The third kappa shape index (κ3) is 4.50. The second-order valence-electron chi connectivity index (χ2n) is 6.42. The molecule has 2 heterocycles. The summed E-state index contributed by atoms with van der Waals surface area (Å²) in [6, 6.07) is 7.83. The summed E-state index contributed by atoms with van der Waals surface area (Å²) in [7, 11) is 0. The minimum absolute atomic E-state index is 0. The standard InChI is InChI=1S/C17H22N4O.2ClH/c1-17(11-18)6-8-21(12-17)16(22)15-4-2-14(3-5-15)10-20-9-7-19-13-20;;/h2-5,7,9,13H,6,8,10-12,18H2,1H3;2*1H. The molecule has 0 aliphatic carbocycles. The van der Waals surface area contributed by atoms with Crippen LogP contribution in [-0.2, 0) is 6.54 Å². The topological polar surface area (TPSA) is 64.2 Å². The van der Waals surface area contributed by atoms with E-state index in [4.69, 9.17) is 5.73 Å². The molecule has 0 radical (unpaired) electrons. The quantitative estimate of drug-likeness (QED) is 0.899. The average Bonchev–Trinajstić information content (AvgIpc) is 3.18. The van der Waals surface area contributed by atoms with Gasteiger partial charge in [0.05, 0.1) is 6.33 Å². The Balaban J connectivity index is 0.00000144. The van der Waals surface area contributed by atoms with Gasteiger partial charge in [0.2, 0.25) is 0 Å². The number of nitrogens with zero attached hydrogens (tertiary/aromatic N) is 3. The van der Waals surface area contributed by atoms with Crippen LogP contribution in [-0.4, -0.2) is 40.0 Å². The summed E-state index contributed by atoms with van der Waals surface area (Å²) in [5.74, 6) is 0.103. The van der Waals surface area contributed by atoms with E-state index in [1.807, 2.05) is 39.9 Å². The van der Waals surface area contributed by atoms with Crippen LogP contribution in [0.1, 0.15) is 29.3 Å². The lowest BCUT2D eigenvalue weighted by Gasteiger charge is -2.22. The molecular formula is C17H24Cl2N4O. The van der Waals surface area contributed by atoms with Gasteiger partial charge in [-0.3, -0.25) is 4.79 Å². The number of carbonyl (C=O) groups excluding carboxylic acids is 1. The van der Waals surface area contributed by atoms with E-state index >= 15 is 0 Å². The fourth-order valence-electron chi connectivity index (χ4n) is 2.89. The number of rotatable bonds is 4. The Bertz CT molecular complexity index is 645. The first-order valence-electron chi connectivity index (χ1n) is 7.64. The number of imidazole rings is 1. The molecule has 0 saturated carbocycles. The van der Waals surface area contributed by atoms with Gasteiger partial charge in [-0.1, -0.05) is 19.1 Å². The van der Waals surface area contributed by atoms with Gasteiger partial charge in [-0.05, 0) is 36.1 Å². The molecule has 7 heteroatoms. The summed E-state index contributed by atoms with van der Waals surface area (Å²) < 4.78 is 2.00. The predicted octanol–water partition coefficient (Wildman–Crippen LogP) is 2.59. The van der Waals surface area contributed by atoms with Crippen molar-refractivity contribution in [1.29, 1.82) is 0 Å². The summed E-state index contributed by atoms with van der Waals surface area (Å²) in [6.45, 7) is 5.08. The zero-order valence-electron chi connectivity index (χ0n) is 13.7. The summed E-state index contributed by atoms with van der Waals surface area (Å²) in [5.41, 5.74) is 7.78. The summed E-state index contributed by atoms with van der Waals surface area (Å²) in [5, 5.41) is 0. The Morgan fingerprint density at radius 2 is 2.00 bits per heavy atom. The molecule has 132 valence electrons. The molecule has 2 aromatic rings. The molecule has 3 rings (SSSR count). The highest BCUT2D eigenvalue weighted by molar-refractivity contribution is 5.94. The predicted molar refractivity (Wildman–Crippen MR) is 99.9 cm³/mol. The number of nitrogens with two attached hydrogens (primary N) is 1. The van der Waals surface area contributed by atoms with E-state index in [0.29, 0.717) is 6.54 Å². The molecule has 1 aliphatic heterocycles. The zero-order chi connectivity index (χ0) is 15.6. The van der Waals surface area contributed by atoms with E-state index in [9.17, 15) is 4.79 Å². The van der Waals surface area contributed by atoms with E-state index in [0.717, 1.165) is 37.2 Å². The first-order chi connectivity index (χ1) is 10.6. The number of benzene rings is 1. The van der Waals surface area contributed by atoms with Crippen molar-refractivity contribution in [2.24, 2.45) is 11.1 Å². The second kappa shape index (κ2) is 8.51. The maximum Gasteiger partial charge on any atom is 0.253 e. The lowest BCUT2D eigenvalue weighted by Crippen LogP contribution is -2.34. The minimum Gasteiger partial charge on any atom is -0.338 e. The molecule has 24 heavy (non-hydrogen) atoms. The van der Waals surface area contributed by atoms with Crippen LogP contribution in [0.15, 0.2) is 43.0 Å². The lowest BCUT2D eigenvalue weighted by atomic mass is 9.90. The molecule has 1 aromatic heterocycles. The summed E-state index contributed by atoms with van der Waals surface area (Å²) in [4.78, 5) is 18.5. The fraction of sp³-hybridized carbons (Fsp3) is 0.412. The molecule has 1 unspecified atom stereocenters. The molecule has 0 bridgehead atoms. The van der Waals surface area contributed by atoms with E-state index in [2.05, 4.69) is 11.9 Å². The van der Waals surface area contributed by atoms with Crippen molar-refractivity contribution in [2.45, 2.75) is 19.9 Å². The van der Waals surface area contributed by atoms with Crippen molar-refractivity contribution >= 4 is 30.7 Å². The number of amides is 1. The van der Waals surface area contributed by atoms with Gasteiger partial charge in [0.15, 0.2) is 0 Å². The summed E-state index contributed by atoms with van der Waals surface area (Å²) in [6.07, 6.45) is 6.46. The molecular weight excluding hydrogens is 347 g/mol. The Kier molecular flexibility index (Phi) is 7.27. The van der Waals surface area contributed by atoms with Gasteiger partial charge in [0, 0.05) is 37.6 Å². The first kappa shape index (κ1) is 20.5. The Morgan fingerprint density at radius 1 is 1.29 bits per heavy atom. The Hall–Kier alpha value is -1.56. The fourth-order valence-corrected chi connectivity index (χ4v) is 2.89. The van der Waals surface area contributed by atoms with E-state index in [1.165, 1.54) is 0 Å². The monoisotopic (exact) mass is 370 g/mol. The molecule has 0 spiro atoms. The van der Waals surface area contributed by atoms with Crippen LogP contribution in [0.2, 0.25) is 0 Å². The lowest BCUT2D eigenvalue weighted by molar-refractivity contribution is 0.0777. The number of halogens is 2. The highest BCUT2D eigenvalue weighted by atomic mass is 35.5. The Morgan fingerprint density at radius 3 is 2.54 bits per heavy atom. The molecule has 5 nitrogen and oxygen atoms in total. The van der Waals surface area contributed by atoms with Gasteiger partial charge < -0.3 is 15.2 Å². The van der Waals surface area contributed by atoms with Gasteiger partial charge in [-0.15, -0.1) is 24.8 Å². The van der Waals surface area contributed by atoms with Crippen LogP contribution in [0.3, 0.4) is 0 Å². The number of aromatic nitrogens is 2. The average molecular weight is 371 g/mol. The molecule has 1 amide bonds. The normalized spacial score (nSPS) is 19.5. The maximum atomic E-state index is 12.5. The smallest absolute Gasteiger partial charge is 0.253 e. The van der Waals surface area contributed by atoms with Crippen molar-refractivity contribution in [3.63, 3.8) is 0 Å². The van der Waals surface area contributed by atoms with Gasteiger partial charge in [-0.2, -0.15) is 0 Å². The molecule has 1 saturated heterocycles. The molecule has 1 aliphatic rings. The van der Waals surface area contributed by atoms with E-state index in [-0.39, 0.29) is 36.1 Å². The molecule has 1 atom stereocenters. The van der Waals surface area contributed by atoms with E-state index in [1.54, 1.807) is 12.5 Å². The van der Waals surface area contributed by atoms with Crippen molar-refractivity contribution in [2.75, 3.05) is 19.6 Å². The number of carbonyl (C=O) groups is 1. The first-order valence-corrected chi connectivity index (χ1v) is 7.64. The van der Waals surface area contributed by atoms with Crippen LogP contribution in [0.4, 0.5) is 0 Å². The summed E-state index contributed by atoms with van der Waals surface area (Å²) >= 11 is 0. The highest BCUT2D eigenvalue weighted by Gasteiger charge is 2.35. The van der Waals surface area contributed by atoms with Crippen LogP contribution >= 0.6 is 24.8 Å². The second-order valence-corrected chi connectivity index (χ2v) is 6.42. The van der Waals surface area contributed by atoms with Crippen LogP contribution in [0.5, 0.6) is 0 Å². The van der Waals surface area contributed by atoms with Crippen molar-refractivity contribution in [3.8, 4) is 0 Å². The van der Waals surface area contributed by atoms with Crippen LogP contribution < -0.4 is 5.73 Å². The molecule has 1 aromatic carbocycles. The zero-order valence-corrected chi connectivity index (χ0v) is 15.4. The van der Waals surface area contributed by atoms with Crippen LogP contribution in [0.25, 0.3) is 0 Å². The molecule has 1 fully saturated rings. The van der Waals surface area contributed by atoms with Gasteiger partial charge in [0.1, 0.15) is 0 Å². The number of hydrogen-bond acceptors (Lipinski definition) is 3. The third-order valence-electron chi connectivity index (χ3n) is 4.46.